The third kappa shape index (κ3) is 5.02. The molecule has 1 aliphatic rings. The van der Waals surface area contributed by atoms with Crippen LogP contribution in [-0.2, 0) is 9.59 Å². The first kappa shape index (κ1) is 20.3. The number of anilines is 2. The second-order valence-corrected chi connectivity index (χ2v) is 6.06. The van der Waals surface area contributed by atoms with E-state index in [4.69, 9.17) is 10.2 Å². The fourth-order valence-corrected chi connectivity index (χ4v) is 2.60. The van der Waals surface area contributed by atoms with Gasteiger partial charge in [-0.25, -0.2) is 4.79 Å². The third-order valence-electron chi connectivity index (χ3n) is 4.15. The normalized spacial score (nSPS) is 13.8. The van der Waals surface area contributed by atoms with E-state index < -0.39 is 11.8 Å². The Morgan fingerprint density at radius 2 is 1.59 bits per heavy atom. The van der Waals surface area contributed by atoms with Gasteiger partial charge in [-0.3, -0.25) is 14.5 Å². The van der Waals surface area contributed by atoms with Crippen LogP contribution in [0.3, 0.4) is 0 Å². The highest BCUT2D eigenvalue weighted by atomic mass is 16.3. The molecule has 2 amide bonds. The van der Waals surface area contributed by atoms with Crippen LogP contribution < -0.4 is 10.2 Å². The Bertz CT molecular complexity index is 777. The molecule has 0 saturated heterocycles. The van der Waals surface area contributed by atoms with Crippen LogP contribution in [0.4, 0.5) is 16.2 Å². The van der Waals surface area contributed by atoms with E-state index >= 15 is 0 Å². The maximum absolute atomic E-state index is 12.4. The lowest BCUT2D eigenvalue weighted by molar-refractivity contribution is -0.115. The number of amides is 2. The number of nitrogens with one attached hydrogen (secondary N) is 1. The van der Waals surface area contributed by atoms with E-state index in [0.717, 1.165) is 16.7 Å². The number of aliphatic hydroxyl groups excluding tert-OH is 2. The number of hydrogen-bond donors (Lipinski definition) is 3. The van der Waals surface area contributed by atoms with Gasteiger partial charge in [0, 0.05) is 43.2 Å². The van der Waals surface area contributed by atoms with Gasteiger partial charge in [0.1, 0.15) is 0 Å². The number of nitrogens with zero attached hydrogens (tertiary/aromatic N) is 2. The van der Waals surface area contributed by atoms with Crippen molar-refractivity contribution < 1.29 is 24.6 Å². The Morgan fingerprint density at radius 3 is 2.15 bits per heavy atom. The molecule has 0 spiro atoms. The number of aliphatic hydroxyl groups is 2. The number of ketones is 2. The van der Waals surface area contributed by atoms with Crippen molar-refractivity contribution in [2.24, 2.45) is 0 Å². The Labute approximate surface area is 157 Å². The number of allylic oxidation sites excluding steroid dienone is 3. The summed E-state index contributed by atoms with van der Waals surface area (Å²) in [6, 6.07) is 6.30. The zero-order chi connectivity index (χ0) is 20.0. The molecule has 0 aromatic heterocycles. The van der Waals surface area contributed by atoms with Crippen molar-refractivity contribution >= 4 is 29.0 Å². The molecule has 8 heteroatoms. The molecule has 0 saturated carbocycles. The van der Waals surface area contributed by atoms with Gasteiger partial charge >= 0.3 is 6.03 Å². The molecule has 0 radical (unpaired) electrons. The molecule has 144 valence electrons. The van der Waals surface area contributed by atoms with Gasteiger partial charge in [0.05, 0.1) is 18.9 Å². The quantitative estimate of drug-likeness (QED) is 0.613. The summed E-state index contributed by atoms with van der Waals surface area (Å²) in [6.45, 7) is 2.22. The number of urea groups is 1. The lowest BCUT2D eigenvalue weighted by Gasteiger charge is -2.24. The number of hydrogen-bond acceptors (Lipinski definition) is 6. The lowest BCUT2D eigenvalue weighted by Crippen LogP contribution is -2.35. The summed E-state index contributed by atoms with van der Waals surface area (Å²) in [5.41, 5.74) is 1.64. The van der Waals surface area contributed by atoms with E-state index in [2.05, 4.69) is 5.32 Å². The zero-order valence-electron chi connectivity index (χ0n) is 15.3. The fourth-order valence-electron chi connectivity index (χ4n) is 2.60. The molecule has 1 aliphatic carbocycles. The van der Waals surface area contributed by atoms with Gasteiger partial charge in [0.25, 0.3) is 0 Å². The summed E-state index contributed by atoms with van der Waals surface area (Å²) in [4.78, 5) is 39.1. The molecular formula is C19H23N3O5. The van der Waals surface area contributed by atoms with Crippen molar-refractivity contribution in [3.63, 3.8) is 0 Å². The topological polar surface area (TPSA) is 110 Å². The van der Waals surface area contributed by atoms with E-state index in [9.17, 15) is 14.4 Å². The second kappa shape index (κ2) is 9.11. The van der Waals surface area contributed by atoms with E-state index in [1.807, 2.05) is 4.90 Å². The van der Waals surface area contributed by atoms with Crippen molar-refractivity contribution in [3.05, 3.63) is 47.7 Å². The standard InChI is InChI=1S/C19H23N3O5/c1-13-11-18(26)16(12-17(13)25)21(2)19(27)20-14-3-5-15(6-4-14)22(7-9-23)8-10-24/h3-6,11-12,23-24H,7-10H2,1-2H3,(H,20,27). The highest BCUT2D eigenvalue weighted by Crippen LogP contribution is 2.19. The van der Waals surface area contributed by atoms with E-state index in [0.29, 0.717) is 24.4 Å². The predicted octanol–water partition coefficient (Wildman–Crippen LogP) is 0.923. The van der Waals surface area contributed by atoms with Gasteiger partial charge < -0.3 is 20.4 Å². The molecule has 0 unspecified atom stereocenters. The number of likely N-dealkylation sites (N-methyl/N-ethyl adjacent to an activating group) is 1. The van der Waals surface area contributed by atoms with Gasteiger partial charge in [-0.2, -0.15) is 0 Å². The Morgan fingerprint density at radius 1 is 1.00 bits per heavy atom. The van der Waals surface area contributed by atoms with Crippen LogP contribution in [-0.4, -0.2) is 66.1 Å². The van der Waals surface area contributed by atoms with Crippen LogP contribution in [0, 0.1) is 0 Å². The van der Waals surface area contributed by atoms with Gasteiger partial charge in [0.15, 0.2) is 5.78 Å². The van der Waals surface area contributed by atoms with Crippen molar-refractivity contribution in [1.82, 2.24) is 4.90 Å². The van der Waals surface area contributed by atoms with Crippen LogP contribution in [0.5, 0.6) is 0 Å². The van der Waals surface area contributed by atoms with Crippen molar-refractivity contribution in [3.8, 4) is 0 Å². The molecule has 0 heterocycles. The summed E-state index contributed by atoms with van der Waals surface area (Å²) in [5, 5.41) is 20.8. The van der Waals surface area contributed by atoms with Crippen LogP contribution in [0.25, 0.3) is 0 Å². The average Bonchev–Trinajstić information content (AvgIpc) is 2.64. The molecule has 0 bridgehead atoms. The summed E-state index contributed by atoms with van der Waals surface area (Å²) >= 11 is 0. The minimum Gasteiger partial charge on any atom is -0.395 e. The third-order valence-corrected chi connectivity index (χ3v) is 4.15. The monoisotopic (exact) mass is 373 g/mol. The van der Waals surface area contributed by atoms with E-state index in [1.54, 1.807) is 31.2 Å². The average molecular weight is 373 g/mol. The smallest absolute Gasteiger partial charge is 0.326 e. The van der Waals surface area contributed by atoms with Gasteiger partial charge in [-0.05, 0) is 37.3 Å². The lowest BCUT2D eigenvalue weighted by atomic mass is 10.0. The highest BCUT2D eigenvalue weighted by molar-refractivity contribution is 6.20. The van der Waals surface area contributed by atoms with Crippen LogP contribution in [0.2, 0.25) is 0 Å². The Balaban J connectivity index is 2.06. The summed E-state index contributed by atoms with van der Waals surface area (Å²) in [5.74, 6) is -0.704. The molecule has 0 aliphatic heterocycles. The largest absolute Gasteiger partial charge is 0.395 e. The minimum absolute atomic E-state index is 0.0109. The molecule has 2 rings (SSSR count). The summed E-state index contributed by atoms with van der Waals surface area (Å²) < 4.78 is 0. The van der Waals surface area contributed by atoms with Gasteiger partial charge in [0.2, 0.25) is 5.78 Å². The second-order valence-electron chi connectivity index (χ2n) is 6.06. The first-order valence-corrected chi connectivity index (χ1v) is 8.47. The van der Waals surface area contributed by atoms with Crippen molar-refractivity contribution in [2.45, 2.75) is 6.92 Å². The number of carbonyl (C=O) groups excluding carboxylic acids is 3. The molecule has 27 heavy (non-hydrogen) atoms. The summed E-state index contributed by atoms with van der Waals surface area (Å²) in [7, 11) is 1.42. The van der Waals surface area contributed by atoms with Gasteiger partial charge in [-0.15, -0.1) is 0 Å². The van der Waals surface area contributed by atoms with Crippen molar-refractivity contribution in [2.75, 3.05) is 43.6 Å². The maximum atomic E-state index is 12.4. The number of carbonyl (C=O) groups is 3. The molecule has 1 aromatic rings. The minimum atomic E-state index is -0.550. The zero-order valence-corrected chi connectivity index (χ0v) is 15.3. The van der Waals surface area contributed by atoms with Crippen LogP contribution in [0.15, 0.2) is 47.7 Å². The van der Waals surface area contributed by atoms with Crippen LogP contribution >= 0.6 is 0 Å². The first-order valence-electron chi connectivity index (χ1n) is 8.47. The van der Waals surface area contributed by atoms with E-state index in [-0.39, 0.29) is 24.7 Å². The molecule has 0 atom stereocenters. The fraction of sp³-hybridized carbons (Fsp3) is 0.316. The Hall–Kier alpha value is -2.97. The maximum Gasteiger partial charge on any atom is 0.326 e. The molecule has 0 fully saturated rings. The molecular weight excluding hydrogens is 350 g/mol. The molecule has 3 N–H and O–H groups in total. The summed E-state index contributed by atoms with van der Waals surface area (Å²) in [6.07, 6.45) is 2.37. The van der Waals surface area contributed by atoms with Crippen LogP contribution in [0.1, 0.15) is 6.92 Å². The molecule has 1 aromatic carbocycles. The van der Waals surface area contributed by atoms with Gasteiger partial charge in [-0.1, -0.05) is 0 Å². The first-order chi connectivity index (χ1) is 12.9. The number of benzene rings is 1. The predicted molar refractivity (Wildman–Crippen MR) is 101 cm³/mol. The van der Waals surface area contributed by atoms with Crippen molar-refractivity contribution in [1.29, 1.82) is 0 Å². The highest BCUT2D eigenvalue weighted by Gasteiger charge is 2.24. The van der Waals surface area contributed by atoms with E-state index in [1.165, 1.54) is 13.1 Å². The molecule has 8 nitrogen and oxygen atoms in total. The SMILES string of the molecule is CC1=CC(=O)C(N(C)C(=O)Nc2ccc(N(CCO)CCO)cc2)=CC1=O. The number of rotatable bonds is 7. The Kier molecular flexibility index (Phi) is 6.86.